The standard InChI is InChI=1S/C22H21N3O2/c1-13-12-27-21-8-7-17(10-19(13)21)20-11-22(25-15(3)24-20)23-14(2)16-5-4-6-18(26)9-16/h4-12,14,26H,1-3H3,(H,23,24,25)/t14-/m0/s1. The summed E-state index contributed by atoms with van der Waals surface area (Å²) in [5.41, 5.74) is 4.84. The van der Waals surface area contributed by atoms with Crippen LogP contribution in [-0.4, -0.2) is 15.1 Å². The van der Waals surface area contributed by atoms with Crippen molar-refractivity contribution in [3.8, 4) is 17.0 Å². The zero-order chi connectivity index (χ0) is 19.0. The van der Waals surface area contributed by atoms with Crippen LogP contribution in [0.4, 0.5) is 5.82 Å². The van der Waals surface area contributed by atoms with E-state index in [-0.39, 0.29) is 11.8 Å². The van der Waals surface area contributed by atoms with Gasteiger partial charge >= 0.3 is 0 Å². The Morgan fingerprint density at radius 2 is 1.89 bits per heavy atom. The third-order valence-electron chi connectivity index (χ3n) is 4.64. The number of benzene rings is 2. The molecule has 2 aromatic carbocycles. The molecule has 5 nitrogen and oxygen atoms in total. The number of furan rings is 1. The molecule has 0 fully saturated rings. The number of aromatic nitrogens is 2. The van der Waals surface area contributed by atoms with Gasteiger partial charge in [0.2, 0.25) is 0 Å². The minimum atomic E-state index is -0.00199. The minimum Gasteiger partial charge on any atom is -0.508 e. The summed E-state index contributed by atoms with van der Waals surface area (Å²) in [6, 6.07) is 15.2. The first kappa shape index (κ1) is 17.1. The summed E-state index contributed by atoms with van der Waals surface area (Å²) in [4.78, 5) is 9.11. The van der Waals surface area contributed by atoms with Crippen molar-refractivity contribution in [2.24, 2.45) is 0 Å². The molecule has 2 aromatic heterocycles. The van der Waals surface area contributed by atoms with Crippen LogP contribution in [0.25, 0.3) is 22.2 Å². The fraction of sp³-hybridized carbons (Fsp3) is 0.182. The monoisotopic (exact) mass is 359 g/mol. The van der Waals surface area contributed by atoms with Gasteiger partial charge in [0.25, 0.3) is 0 Å². The molecular weight excluding hydrogens is 338 g/mol. The van der Waals surface area contributed by atoms with Crippen LogP contribution in [0.15, 0.2) is 59.2 Å². The van der Waals surface area contributed by atoms with E-state index < -0.39 is 0 Å². The molecule has 4 aromatic rings. The Labute approximate surface area is 157 Å². The molecule has 136 valence electrons. The molecular formula is C22H21N3O2. The number of anilines is 1. The Bertz CT molecular complexity index is 1120. The molecule has 0 saturated heterocycles. The predicted molar refractivity (Wildman–Crippen MR) is 107 cm³/mol. The van der Waals surface area contributed by atoms with Crippen LogP contribution in [0.1, 0.15) is 29.9 Å². The molecule has 0 bridgehead atoms. The third-order valence-corrected chi connectivity index (χ3v) is 4.64. The number of rotatable bonds is 4. The number of hydrogen-bond acceptors (Lipinski definition) is 5. The quantitative estimate of drug-likeness (QED) is 0.511. The molecule has 0 amide bonds. The number of phenols is 1. The van der Waals surface area contributed by atoms with Crippen LogP contribution in [0.5, 0.6) is 5.75 Å². The summed E-state index contributed by atoms with van der Waals surface area (Å²) in [5, 5.41) is 14.2. The molecule has 4 rings (SSSR count). The zero-order valence-electron chi connectivity index (χ0n) is 15.5. The third kappa shape index (κ3) is 3.49. The second kappa shape index (κ2) is 6.76. The van der Waals surface area contributed by atoms with Gasteiger partial charge in [0.05, 0.1) is 18.0 Å². The lowest BCUT2D eigenvalue weighted by molar-refractivity contribution is 0.474. The molecule has 0 aliphatic heterocycles. The summed E-state index contributed by atoms with van der Waals surface area (Å²) >= 11 is 0. The molecule has 0 saturated carbocycles. The van der Waals surface area contributed by atoms with E-state index in [2.05, 4.69) is 21.4 Å². The fourth-order valence-electron chi connectivity index (χ4n) is 3.20. The molecule has 2 heterocycles. The predicted octanol–water partition coefficient (Wildman–Crippen LogP) is 5.39. The van der Waals surface area contributed by atoms with E-state index in [1.807, 2.05) is 51.1 Å². The maximum Gasteiger partial charge on any atom is 0.134 e. The molecule has 1 atom stereocenters. The lowest BCUT2D eigenvalue weighted by Crippen LogP contribution is -2.09. The van der Waals surface area contributed by atoms with Gasteiger partial charge in [0.15, 0.2) is 0 Å². The van der Waals surface area contributed by atoms with Crippen molar-refractivity contribution >= 4 is 16.8 Å². The maximum absolute atomic E-state index is 9.70. The van der Waals surface area contributed by atoms with Crippen LogP contribution in [0.3, 0.4) is 0 Å². The summed E-state index contributed by atoms with van der Waals surface area (Å²) in [7, 11) is 0. The van der Waals surface area contributed by atoms with Crippen molar-refractivity contribution in [3.63, 3.8) is 0 Å². The van der Waals surface area contributed by atoms with Crippen molar-refractivity contribution in [3.05, 3.63) is 71.7 Å². The first-order chi connectivity index (χ1) is 13.0. The second-order valence-electron chi connectivity index (χ2n) is 6.78. The SMILES string of the molecule is Cc1nc(N[C@@H](C)c2cccc(O)c2)cc(-c2ccc3occ(C)c3c2)n1. The van der Waals surface area contributed by atoms with Gasteiger partial charge in [-0.15, -0.1) is 0 Å². The minimum absolute atomic E-state index is 0.00199. The lowest BCUT2D eigenvalue weighted by Gasteiger charge is -2.16. The normalized spacial score (nSPS) is 12.3. The highest BCUT2D eigenvalue weighted by Gasteiger charge is 2.11. The van der Waals surface area contributed by atoms with E-state index in [4.69, 9.17) is 4.42 Å². The van der Waals surface area contributed by atoms with E-state index in [0.717, 1.165) is 39.2 Å². The number of aromatic hydroxyl groups is 1. The van der Waals surface area contributed by atoms with Gasteiger partial charge in [-0.3, -0.25) is 0 Å². The Morgan fingerprint density at radius 1 is 1.04 bits per heavy atom. The molecule has 0 aliphatic rings. The van der Waals surface area contributed by atoms with E-state index in [0.29, 0.717) is 5.82 Å². The summed E-state index contributed by atoms with van der Waals surface area (Å²) in [5.74, 6) is 1.70. The fourth-order valence-corrected chi connectivity index (χ4v) is 3.20. The Balaban J connectivity index is 1.67. The number of nitrogens with one attached hydrogen (secondary N) is 1. The summed E-state index contributed by atoms with van der Waals surface area (Å²) in [6.07, 6.45) is 1.77. The first-order valence-corrected chi connectivity index (χ1v) is 8.89. The molecule has 0 unspecified atom stereocenters. The number of aryl methyl sites for hydroxylation is 2. The Kier molecular flexibility index (Phi) is 4.28. The number of hydrogen-bond donors (Lipinski definition) is 2. The molecule has 5 heteroatoms. The molecule has 0 radical (unpaired) electrons. The van der Waals surface area contributed by atoms with Crippen molar-refractivity contribution in [1.82, 2.24) is 9.97 Å². The van der Waals surface area contributed by atoms with Crippen molar-refractivity contribution in [1.29, 1.82) is 0 Å². The van der Waals surface area contributed by atoms with Crippen LogP contribution >= 0.6 is 0 Å². The average Bonchev–Trinajstić information content (AvgIpc) is 3.02. The van der Waals surface area contributed by atoms with Crippen LogP contribution in [0.2, 0.25) is 0 Å². The number of phenolic OH excluding ortho intramolecular Hbond substituents is 1. The molecule has 0 aliphatic carbocycles. The van der Waals surface area contributed by atoms with Crippen LogP contribution in [-0.2, 0) is 0 Å². The highest BCUT2D eigenvalue weighted by atomic mass is 16.3. The first-order valence-electron chi connectivity index (χ1n) is 8.89. The van der Waals surface area contributed by atoms with Gasteiger partial charge in [-0.2, -0.15) is 0 Å². The summed E-state index contributed by atoms with van der Waals surface area (Å²) in [6.45, 7) is 5.95. The summed E-state index contributed by atoms with van der Waals surface area (Å²) < 4.78 is 5.53. The van der Waals surface area contributed by atoms with Crippen molar-refractivity contribution in [2.75, 3.05) is 5.32 Å². The highest BCUT2D eigenvalue weighted by molar-refractivity contribution is 5.85. The van der Waals surface area contributed by atoms with E-state index in [1.165, 1.54) is 0 Å². The van der Waals surface area contributed by atoms with Gasteiger partial charge < -0.3 is 14.8 Å². The highest BCUT2D eigenvalue weighted by Crippen LogP contribution is 2.28. The topological polar surface area (TPSA) is 71.2 Å². The van der Waals surface area contributed by atoms with Gasteiger partial charge in [-0.05, 0) is 62.2 Å². The van der Waals surface area contributed by atoms with Gasteiger partial charge in [0, 0.05) is 17.0 Å². The average molecular weight is 359 g/mol. The van der Waals surface area contributed by atoms with Gasteiger partial charge in [0.1, 0.15) is 23.0 Å². The Hall–Kier alpha value is -3.34. The number of nitrogens with zero attached hydrogens (tertiary/aromatic N) is 2. The Morgan fingerprint density at radius 3 is 2.70 bits per heavy atom. The van der Waals surface area contributed by atoms with Crippen molar-refractivity contribution in [2.45, 2.75) is 26.8 Å². The van der Waals surface area contributed by atoms with Gasteiger partial charge in [-0.25, -0.2) is 9.97 Å². The maximum atomic E-state index is 9.70. The second-order valence-corrected chi connectivity index (χ2v) is 6.78. The zero-order valence-corrected chi connectivity index (χ0v) is 15.5. The molecule has 2 N–H and O–H groups in total. The van der Waals surface area contributed by atoms with Crippen LogP contribution in [0, 0.1) is 13.8 Å². The van der Waals surface area contributed by atoms with E-state index in [1.54, 1.807) is 18.4 Å². The van der Waals surface area contributed by atoms with E-state index >= 15 is 0 Å². The molecule has 0 spiro atoms. The van der Waals surface area contributed by atoms with Crippen LogP contribution < -0.4 is 5.32 Å². The van der Waals surface area contributed by atoms with Crippen molar-refractivity contribution < 1.29 is 9.52 Å². The van der Waals surface area contributed by atoms with E-state index in [9.17, 15) is 5.11 Å². The van der Waals surface area contributed by atoms with Gasteiger partial charge in [-0.1, -0.05) is 12.1 Å². The lowest BCUT2D eigenvalue weighted by atomic mass is 10.1. The largest absolute Gasteiger partial charge is 0.508 e. The molecule has 27 heavy (non-hydrogen) atoms. The smallest absolute Gasteiger partial charge is 0.134 e. The number of fused-ring (bicyclic) bond motifs is 1.